The van der Waals surface area contributed by atoms with E-state index in [2.05, 4.69) is 20.2 Å². The van der Waals surface area contributed by atoms with Gasteiger partial charge < -0.3 is 15.2 Å². The Hall–Kier alpha value is -1.36. The van der Waals surface area contributed by atoms with Crippen LogP contribution < -0.4 is 15.8 Å². The van der Waals surface area contributed by atoms with Crippen LogP contribution in [0, 0.1) is 6.92 Å². The molecule has 1 aliphatic rings. The van der Waals surface area contributed by atoms with Crippen LogP contribution >= 0.6 is 0 Å². The molecule has 2 heterocycles. The van der Waals surface area contributed by atoms with Crippen molar-refractivity contribution < 1.29 is 0 Å². The van der Waals surface area contributed by atoms with Crippen LogP contribution in [0.15, 0.2) is 10.9 Å². The van der Waals surface area contributed by atoms with Crippen molar-refractivity contribution in [1.29, 1.82) is 0 Å². The molecule has 1 saturated heterocycles. The lowest BCUT2D eigenvalue weighted by Crippen LogP contribution is -2.45. The Kier molecular flexibility index (Phi) is 3.78. The summed E-state index contributed by atoms with van der Waals surface area (Å²) in [6.45, 7) is 3.75. The fraction of sp³-hybridized carbons (Fsp3) is 0.667. The van der Waals surface area contributed by atoms with Gasteiger partial charge in [0.15, 0.2) is 0 Å². The Morgan fingerprint density at radius 2 is 2.41 bits per heavy atom. The van der Waals surface area contributed by atoms with Crippen LogP contribution in [0.2, 0.25) is 0 Å². The fourth-order valence-corrected chi connectivity index (χ4v) is 2.46. The first kappa shape index (κ1) is 12.1. The molecule has 0 aliphatic carbocycles. The van der Waals surface area contributed by atoms with Crippen molar-refractivity contribution in [2.75, 3.05) is 25.0 Å². The Morgan fingerprint density at radius 1 is 1.59 bits per heavy atom. The van der Waals surface area contributed by atoms with Gasteiger partial charge in [-0.3, -0.25) is 4.79 Å². The number of aromatic amines is 1. The van der Waals surface area contributed by atoms with Gasteiger partial charge in [-0.15, -0.1) is 0 Å². The summed E-state index contributed by atoms with van der Waals surface area (Å²) < 4.78 is 0. The molecule has 1 aliphatic heterocycles. The molecule has 0 aromatic carbocycles. The van der Waals surface area contributed by atoms with E-state index in [0.717, 1.165) is 25.3 Å². The number of aryl methyl sites for hydroxylation is 1. The van der Waals surface area contributed by atoms with Gasteiger partial charge in [0, 0.05) is 25.2 Å². The number of aromatic nitrogens is 2. The van der Waals surface area contributed by atoms with Gasteiger partial charge in [-0.25, -0.2) is 4.98 Å². The molecule has 1 aromatic rings. The van der Waals surface area contributed by atoms with Gasteiger partial charge in [0.25, 0.3) is 5.56 Å². The third kappa shape index (κ3) is 2.85. The second-order valence-corrected chi connectivity index (χ2v) is 4.59. The second kappa shape index (κ2) is 5.31. The minimum atomic E-state index is -0.0683. The second-order valence-electron chi connectivity index (χ2n) is 4.59. The Labute approximate surface area is 101 Å². The normalized spacial score (nSPS) is 20.6. The van der Waals surface area contributed by atoms with Crippen molar-refractivity contribution in [1.82, 2.24) is 15.3 Å². The number of hydrogen-bond acceptors (Lipinski definition) is 4. The molecule has 0 bridgehead atoms. The number of likely N-dealkylation sites (N-methyl/N-ethyl adjacent to an activating group) is 1. The molecule has 2 N–H and O–H groups in total. The van der Waals surface area contributed by atoms with Crippen LogP contribution in [0.4, 0.5) is 5.82 Å². The summed E-state index contributed by atoms with van der Waals surface area (Å²) in [5.41, 5.74) is -0.0683. The quantitative estimate of drug-likeness (QED) is 0.809. The molecular weight excluding hydrogens is 216 g/mol. The predicted molar refractivity (Wildman–Crippen MR) is 68.5 cm³/mol. The summed E-state index contributed by atoms with van der Waals surface area (Å²) in [6.07, 6.45) is 3.59. The van der Waals surface area contributed by atoms with E-state index >= 15 is 0 Å². The minimum absolute atomic E-state index is 0.0683. The van der Waals surface area contributed by atoms with Crippen LogP contribution in [0.25, 0.3) is 0 Å². The monoisotopic (exact) mass is 236 g/mol. The van der Waals surface area contributed by atoms with Gasteiger partial charge in [0.2, 0.25) is 0 Å². The van der Waals surface area contributed by atoms with E-state index < -0.39 is 0 Å². The molecule has 2 rings (SSSR count). The van der Waals surface area contributed by atoms with Crippen LogP contribution in [-0.4, -0.2) is 36.1 Å². The highest BCUT2D eigenvalue weighted by atomic mass is 16.1. The number of nitrogens with one attached hydrogen (secondary N) is 2. The van der Waals surface area contributed by atoms with E-state index in [0.29, 0.717) is 11.9 Å². The SMILES string of the molecule is CNCC1CCCCN1c1cc(=O)[nH]c(C)n1. The number of hydrogen-bond donors (Lipinski definition) is 2. The van der Waals surface area contributed by atoms with Crippen molar-refractivity contribution in [3.8, 4) is 0 Å². The number of piperidine rings is 1. The highest BCUT2D eigenvalue weighted by molar-refractivity contribution is 5.39. The Balaban J connectivity index is 2.25. The van der Waals surface area contributed by atoms with Crippen molar-refractivity contribution in [3.63, 3.8) is 0 Å². The van der Waals surface area contributed by atoms with E-state index in [4.69, 9.17) is 0 Å². The summed E-state index contributed by atoms with van der Waals surface area (Å²) in [5, 5.41) is 3.21. The molecule has 0 amide bonds. The summed E-state index contributed by atoms with van der Waals surface area (Å²) in [7, 11) is 1.96. The lowest BCUT2D eigenvalue weighted by atomic mass is 10.0. The highest BCUT2D eigenvalue weighted by Crippen LogP contribution is 2.21. The first-order valence-corrected chi connectivity index (χ1v) is 6.20. The predicted octanol–water partition coefficient (Wildman–Crippen LogP) is 0.657. The summed E-state index contributed by atoms with van der Waals surface area (Å²) in [5.74, 6) is 1.49. The maximum Gasteiger partial charge on any atom is 0.252 e. The van der Waals surface area contributed by atoms with Crippen LogP contribution in [0.5, 0.6) is 0 Å². The standard InChI is InChI=1S/C12H20N4O/c1-9-14-11(7-12(17)15-9)16-6-4-3-5-10(16)8-13-2/h7,10,13H,3-6,8H2,1-2H3,(H,14,15,17). The highest BCUT2D eigenvalue weighted by Gasteiger charge is 2.23. The molecule has 17 heavy (non-hydrogen) atoms. The minimum Gasteiger partial charge on any atom is -0.352 e. The lowest BCUT2D eigenvalue weighted by molar-refractivity contribution is 0.443. The van der Waals surface area contributed by atoms with Gasteiger partial charge in [0.1, 0.15) is 11.6 Å². The average Bonchev–Trinajstić information content (AvgIpc) is 2.29. The number of rotatable bonds is 3. The first-order valence-electron chi connectivity index (χ1n) is 6.20. The smallest absolute Gasteiger partial charge is 0.252 e. The molecule has 94 valence electrons. The third-order valence-corrected chi connectivity index (χ3v) is 3.21. The van der Waals surface area contributed by atoms with E-state index in [1.165, 1.54) is 12.8 Å². The van der Waals surface area contributed by atoms with Gasteiger partial charge in [0.05, 0.1) is 0 Å². The molecule has 5 nitrogen and oxygen atoms in total. The maximum atomic E-state index is 11.5. The lowest BCUT2D eigenvalue weighted by Gasteiger charge is -2.36. The van der Waals surface area contributed by atoms with Gasteiger partial charge in [-0.05, 0) is 33.2 Å². The number of nitrogens with zero attached hydrogens (tertiary/aromatic N) is 2. The Morgan fingerprint density at radius 3 is 3.12 bits per heavy atom. The zero-order valence-electron chi connectivity index (χ0n) is 10.5. The summed E-state index contributed by atoms with van der Waals surface area (Å²) in [4.78, 5) is 20.9. The zero-order chi connectivity index (χ0) is 12.3. The van der Waals surface area contributed by atoms with Gasteiger partial charge in [-0.1, -0.05) is 0 Å². The zero-order valence-corrected chi connectivity index (χ0v) is 10.5. The molecule has 1 unspecified atom stereocenters. The Bertz CT molecular complexity index is 427. The number of anilines is 1. The van der Waals surface area contributed by atoms with E-state index in [1.54, 1.807) is 6.07 Å². The largest absolute Gasteiger partial charge is 0.352 e. The summed E-state index contributed by atoms with van der Waals surface area (Å²) in [6, 6.07) is 2.04. The van der Waals surface area contributed by atoms with Crippen molar-refractivity contribution in [3.05, 3.63) is 22.2 Å². The molecule has 0 radical (unpaired) electrons. The van der Waals surface area contributed by atoms with Crippen LogP contribution in [0.1, 0.15) is 25.1 Å². The summed E-state index contributed by atoms with van der Waals surface area (Å²) >= 11 is 0. The van der Waals surface area contributed by atoms with E-state index in [-0.39, 0.29) is 5.56 Å². The molecule has 1 atom stereocenters. The van der Waals surface area contributed by atoms with E-state index in [9.17, 15) is 4.79 Å². The first-order chi connectivity index (χ1) is 8.20. The van der Waals surface area contributed by atoms with Crippen molar-refractivity contribution in [2.24, 2.45) is 0 Å². The molecule has 5 heteroatoms. The maximum absolute atomic E-state index is 11.5. The van der Waals surface area contributed by atoms with E-state index in [1.807, 2.05) is 14.0 Å². The van der Waals surface area contributed by atoms with Crippen LogP contribution in [-0.2, 0) is 0 Å². The van der Waals surface area contributed by atoms with Gasteiger partial charge >= 0.3 is 0 Å². The molecular formula is C12H20N4O. The third-order valence-electron chi connectivity index (χ3n) is 3.21. The van der Waals surface area contributed by atoms with Gasteiger partial charge in [-0.2, -0.15) is 0 Å². The topological polar surface area (TPSA) is 61.0 Å². The fourth-order valence-electron chi connectivity index (χ4n) is 2.46. The molecule has 0 saturated carbocycles. The van der Waals surface area contributed by atoms with Crippen molar-refractivity contribution in [2.45, 2.75) is 32.2 Å². The molecule has 1 fully saturated rings. The number of H-pyrrole nitrogens is 1. The molecule has 0 spiro atoms. The molecule has 1 aromatic heterocycles. The van der Waals surface area contributed by atoms with Crippen molar-refractivity contribution >= 4 is 5.82 Å². The van der Waals surface area contributed by atoms with Crippen LogP contribution in [0.3, 0.4) is 0 Å². The average molecular weight is 236 g/mol.